The van der Waals surface area contributed by atoms with Gasteiger partial charge in [-0.15, -0.1) is 0 Å². The summed E-state index contributed by atoms with van der Waals surface area (Å²) in [7, 11) is 1.97. The molecule has 2 aromatic heterocycles. The van der Waals surface area contributed by atoms with E-state index in [0.29, 0.717) is 16.9 Å². The van der Waals surface area contributed by atoms with Crippen LogP contribution >= 0.6 is 23.2 Å². The zero-order chi connectivity index (χ0) is 26.1. The maximum Gasteiger partial charge on any atom is 0.272 e. The molecule has 188 valence electrons. The lowest BCUT2D eigenvalue weighted by atomic mass is 10.1. The highest BCUT2D eigenvalue weighted by Gasteiger charge is 2.27. The second-order valence-electron chi connectivity index (χ2n) is 8.68. The molecule has 8 nitrogen and oxygen atoms in total. The number of likely N-dealkylation sites (tertiary alicyclic amines) is 1. The van der Waals surface area contributed by atoms with Gasteiger partial charge in [-0.2, -0.15) is 5.10 Å². The van der Waals surface area contributed by atoms with Gasteiger partial charge in [0.15, 0.2) is 5.69 Å². The fourth-order valence-electron chi connectivity index (χ4n) is 4.03. The van der Waals surface area contributed by atoms with Crippen LogP contribution in [0.5, 0.6) is 0 Å². The second kappa shape index (κ2) is 10.3. The lowest BCUT2D eigenvalue weighted by molar-refractivity contribution is 0.0852. The number of aromatic nitrogens is 3. The summed E-state index contributed by atoms with van der Waals surface area (Å²) in [5.74, 6) is -1.10. The average molecular weight is 539 g/mol. The van der Waals surface area contributed by atoms with Crippen molar-refractivity contribution in [2.45, 2.75) is 6.04 Å². The molecule has 1 saturated heterocycles. The molecule has 1 aliphatic rings. The van der Waals surface area contributed by atoms with E-state index in [4.69, 9.17) is 23.2 Å². The first kappa shape index (κ1) is 24.9. The number of likely N-dealkylation sites (N-methyl/N-ethyl adjacent to an activating group) is 1. The summed E-state index contributed by atoms with van der Waals surface area (Å²) in [4.78, 5) is 32.3. The fourth-order valence-corrected chi connectivity index (χ4v) is 4.60. The monoisotopic (exact) mass is 538 g/mol. The molecule has 37 heavy (non-hydrogen) atoms. The van der Waals surface area contributed by atoms with E-state index in [1.807, 2.05) is 25.2 Å². The zero-order valence-corrected chi connectivity index (χ0v) is 21.1. The number of carbonyl (C=O) groups is 2. The fraction of sp³-hybridized carbons (Fsp3) is 0.154. The van der Waals surface area contributed by atoms with Crippen molar-refractivity contribution in [3.63, 3.8) is 0 Å². The van der Waals surface area contributed by atoms with Gasteiger partial charge < -0.3 is 15.5 Å². The third-order valence-corrected chi connectivity index (χ3v) is 6.51. The Morgan fingerprint density at radius 1 is 1.00 bits per heavy atom. The number of hydrogen-bond acceptors (Lipinski definition) is 5. The predicted octanol–water partition coefficient (Wildman–Crippen LogP) is 4.68. The SMILES string of the molecule is CN1CC(NC(=O)c2cc(NC(=O)c3cc(-c4ccc(F)cn4)c(Cl)cc3Cl)n(-c3ccccc3)n2)C1. The van der Waals surface area contributed by atoms with Gasteiger partial charge in [0.2, 0.25) is 0 Å². The van der Waals surface area contributed by atoms with Crippen molar-refractivity contribution < 1.29 is 14.0 Å². The molecule has 0 unspecified atom stereocenters. The number of carbonyl (C=O) groups excluding carboxylic acids is 2. The lowest BCUT2D eigenvalue weighted by Crippen LogP contribution is -2.57. The Hall–Kier alpha value is -3.79. The van der Waals surface area contributed by atoms with Crippen molar-refractivity contribution in [2.24, 2.45) is 0 Å². The van der Waals surface area contributed by atoms with E-state index in [1.54, 1.807) is 12.1 Å². The van der Waals surface area contributed by atoms with Crippen LogP contribution in [0.4, 0.5) is 10.2 Å². The van der Waals surface area contributed by atoms with Gasteiger partial charge in [-0.3, -0.25) is 14.6 Å². The van der Waals surface area contributed by atoms with Gasteiger partial charge in [-0.25, -0.2) is 9.07 Å². The molecule has 2 aromatic carbocycles. The third kappa shape index (κ3) is 5.34. The number of hydrogen-bond donors (Lipinski definition) is 2. The van der Waals surface area contributed by atoms with E-state index in [0.717, 1.165) is 19.3 Å². The summed E-state index contributed by atoms with van der Waals surface area (Å²) in [5, 5.41) is 10.6. The van der Waals surface area contributed by atoms with E-state index < -0.39 is 11.7 Å². The second-order valence-corrected chi connectivity index (χ2v) is 9.50. The topological polar surface area (TPSA) is 92.2 Å². The van der Waals surface area contributed by atoms with Gasteiger partial charge in [0.05, 0.1) is 39.2 Å². The van der Waals surface area contributed by atoms with Gasteiger partial charge >= 0.3 is 0 Å². The van der Waals surface area contributed by atoms with Crippen molar-refractivity contribution in [3.8, 4) is 16.9 Å². The smallest absolute Gasteiger partial charge is 0.272 e. The van der Waals surface area contributed by atoms with Crippen molar-refractivity contribution in [2.75, 3.05) is 25.5 Å². The third-order valence-electron chi connectivity index (χ3n) is 5.89. The number of halogens is 3. The number of anilines is 1. The summed E-state index contributed by atoms with van der Waals surface area (Å²) < 4.78 is 14.8. The number of nitrogens with one attached hydrogen (secondary N) is 2. The largest absolute Gasteiger partial charge is 0.345 e. The number of para-hydroxylation sites is 1. The number of rotatable bonds is 6. The number of amides is 2. The highest BCUT2D eigenvalue weighted by Crippen LogP contribution is 2.32. The Labute approximate surface area is 222 Å². The van der Waals surface area contributed by atoms with Gasteiger partial charge in [0.25, 0.3) is 11.8 Å². The maximum absolute atomic E-state index is 13.3. The van der Waals surface area contributed by atoms with E-state index >= 15 is 0 Å². The summed E-state index contributed by atoms with van der Waals surface area (Å²) in [6.45, 7) is 1.52. The van der Waals surface area contributed by atoms with Gasteiger partial charge in [0, 0.05) is 24.7 Å². The van der Waals surface area contributed by atoms with Crippen molar-refractivity contribution in [3.05, 3.63) is 94.0 Å². The van der Waals surface area contributed by atoms with E-state index in [2.05, 4.69) is 25.6 Å². The van der Waals surface area contributed by atoms with Crippen molar-refractivity contribution >= 4 is 40.8 Å². The average Bonchev–Trinajstić information content (AvgIpc) is 3.28. The standard InChI is InChI=1S/C26H21Cl2FN6O2/c1-34-13-16(14-34)31-26(37)23-11-24(35(33-23)17-5-3-2-4-6-17)32-25(36)19-9-18(20(27)10-21(19)28)22-8-7-15(29)12-30-22/h2-12,16H,13-14H2,1H3,(H,31,37)(H,32,36). The molecular weight excluding hydrogens is 518 g/mol. The molecule has 0 bridgehead atoms. The molecule has 2 amide bonds. The first-order valence-electron chi connectivity index (χ1n) is 11.4. The molecule has 0 atom stereocenters. The van der Waals surface area contributed by atoms with Crippen LogP contribution < -0.4 is 10.6 Å². The lowest BCUT2D eigenvalue weighted by Gasteiger charge is -2.36. The number of nitrogens with zero attached hydrogens (tertiary/aromatic N) is 4. The predicted molar refractivity (Wildman–Crippen MR) is 140 cm³/mol. The van der Waals surface area contributed by atoms with Crippen LogP contribution in [-0.4, -0.2) is 57.7 Å². The Kier molecular flexibility index (Phi) is 6.92. The summed E-state index contributed by atoms with van der Waals surface area (Å²) >= 11 is 12.7. The van der Waals surface area contributed by atoms with Crippen molar-refractivity contribution in [1.82, 2.24) is 25.0 Å². The van der Waals surface area contributed by atoms with Gasteiger partial charge in [-0.05, 0) is 43.4 Å². The molecule has 4 aromatic rings. The maximum atomic E-state index is 13.3. The molecule has 11 heteroatoms. The van der Waals surface area contributed by atoms with Crippen LogP contribution in [0.1, 0.15) is 20.8 Å². The Morgan fingerprint density at radius 2 is 1.76 bits per heavy atom. The van der Waals surface area contributed by atoms with Crippen LogP contribution in [0, 0.1) is 5.82 Å². The Balaban J connectivity index is 1.46. The highest BCUT2D eigenvalue weighted by molar-refractivity contribution is 6.38. The number of pyridine rings is 1. The minimum Gasteiger partial charge on any atom is -0.345 e. The minimum absolute atomic E-state index is 0.0452. The van der Waals surface area contributed by atoms with Crippen LogP contribution in [0.2, 0.25) is 10.0 Å². The first-order chi connectivity index (χ1) is 17.8. The molecule has 2 N–H and O–H groups in total. The molecule has 3 heterocycles. The zero-order valence-electron chi connectivity index (χ0n) is 19.6. The summed E-state index contributed by atoms with van der Waals surface area (Å²) in [6.07, 6.45) is 1.06. The molecule has 1 fully saturated rings. The van der Waals surface area contributed by atoms with Crippen LogP contribution in [0.3, 0.4) is 0 Å². The normalized spacial score (nSPS) is 13.7. The van der Waals surface area contributed by atoms with E-state index in [9.17, 15) is 14.0 Å². The first-order valence-corrected chi connectivity index (χ1v) is 12.1. The summed E-state index contributed by atoms with van der Waals surface area (Å²) in [6, 6.07) is 16.3. The highest BCUT2D eigenvalue weighted by atomic mass is 35.5. The molecule has 0 radical (unpaired) electrons. The molecule has 0 spiro atoms. The van der Waals surface area contributed by atoms with Crippen LogP contribution in [-0.2, 0) is 0 Å². The molecule has 0 aliphatic carbocycles. The van der Waals surface area contributed by atoms with E-state index in [-0.39, 0.29) is 39.1 Å². The van der Waals surface area contributed by atoms with Crippen LogP contribution in [0.25, 0.3) is 16.9 Å². The Morgan fingerprint density at radius 3 is 2.43 bits per heavy atom. The minimum atomic E-state index is -0.547. The molecule has 5 rings (SSSR count). The number of benzene rings is 2. The molecule has 1 aliphatic heterocycles. The van der Waals surface area contributed by atoms with Crippen molar-refractivity contribution in [1.29, 1.82) is 0 Å². The van der Waals surface area contributed by atoms with Gasteiger partial charge in [0.1, 0.15) is 11.6 Å². The van der Waals surface area contributed by atoms with Crippen LogP contribution in [0.15, 0.2) is 66.9 Å². The Bertz CT molecular complexity index is 1470. The molecular formula is C26H21Cl2FN6O2. The van der Waals surface area contributed by atoms with E-state index in [1.165, 1.54) is 35.0 Å². The van der Waals surface area contributed by atoms with Gasteiger partial charge in [-0.1, -0.05) is 41.4 Å². The summed E-state index contributed by atoms with van der Waals surface area (Å²) in [5.41, 5.74) is 1.73. The molecule has 0 saturated carbocycles. The quantitative estimate of drug-likeness (QED) is 0.372.